The Hall–Kier alpha value is -3.36. The molecule has 7 nitrogen and oxygen atoms in total. The van der Waals surface area contributed by atoms with Crippen LogP contribution in [0.4, 0.5) is 14.6 Å². The molecular weight excluding hydrogens is 344 g/mol. The van der Waals surface area contributed by atoms with Crippen molar-refractivity contribution in [3.05, 3.63) is 53.5 Å². The molecule has 1 amide bonds. The Morgan fingerprint density at radius 2 is 1.96 bits per heavy atom. The molecule has 0 bridgehead atoms. The highest BCUT2D eigenvalue weighted by Gasteiger charge is 2.18. The summed E-state index contributed by atoms with van der Waals surface area (Å²) in [5.74, 6) is -1.88. The number of halogens is 2. The van der Waals surface area contributed by atoms with Crippen molar-refractivity contribution < 1.29 is 18.3 Å². The molecule has 0 unspecified atom stereocenters. The number of rotatable bonds is 5. The molecule has 1 atom stereocenters. The average Bonchev–Trinajstić information content (AvgIpc) is 2.62. The molecule has 26 heavy (non-hydrogen) atoms. The highest BCUT2D eigenvalue weighted by atomic mass is 19.1. The Morgan fingerprint density at radius 1 is 1.19 bits per heavy atom. The minimum Gasteiger partial charge on any atom is -0.494 e. The van der Waals surface area contributed by atoms with E-state index in [0.29, 0.717) is 5.52 Å². The number of nitrogens with two attached hydrogens (primary N) is 1. The number of methoxy groups -OCH3 is 1. The number of nitrogens with zero attached hydrogens (tertiary/aromatic N) is 3. The fourth-order valence-corrected chi connectivity index (χ4v) is 2.58. The maximum Gasteiger partial charge on any atom is 0.251 e. The minimum absolute atomic E-state index is 0.0844. The van der Waals surface area contributed by atoms with E-state index in [1.165, 1.54) is 25.7 Å². The Labute approximate surface area is 147 Å². The molecular formula is C17H15F2N5O2. The van der Waals surface area contributed by atoms with E-state index in [1.807, 2.05) is 0 Å². The smallest absolute Gasteiger partial charge is 0.251 e. The van der Waals surface area contributed by atoms with Crippen LogP contribution in [0.25, 0.3) is 11.0 Å². The Morgan fingerprint density at radius 3 is 2.65 bits per heavy atom. The maximum absolute atomic E-state index is 14.3. The first kappa shape index (κ1) is 17.5. The number of aromatic nitrogens is 3. The number of benzene rings is 1. The summed E-state index contributed by atoms with van der Waals surface area (Å²) in [7, 11) is 1.26. The van der Waals surface area contributed by atoms with E-state index in [1.54, 1.807) is 6.92 Å². The molecule has 0 aliphatic heterocycles. The molecule has 9 heteroatoms. The third kappa shape index (κ3) is 3.10. The summed E-state index contributed by atoms with van der Waals surface area (Å²) in [6.07, 6.45) is 2.63. The van der Waals surface area contributed by atoms with E-state index in [9.17, 15) is 13.6 Å². The molecule has 3 rings (SSSR count). The van der Waals surface area contributed by atoms with E-state index < -0.39 is 23.6 Å². The van der Waals surface area contributed by atoms with Crippen molar-refractivity contribution in [2.24, 2.45) is 5.73 Å². The van der Waals surface area contributed by atoms with Crippen LogP contribution in [0.1, 0.15) is 28.9 Å². The maximum atomic E-state index is 14.3. The van der Waals surface area contributed by atoms with Crippen molar-refractivity contribution in [3.8, 4) is 5.75 Å². The van der Waals surface area contributed by atoms with Gasteiger partial charge < -0.3 is 15.8 Å². The van der Waals surface area contributed by atoms with Gasteiger partial charge in [0.05, 0.1) is 18.7 Å². The lowest BCUT2D eigenvalue weighted by Crippen LogP contribution is -2.14. The van der Waals surface area contributed by atoms with Crippen LogP contribution in [0.3, 0.4) is 0 Å². The van der Waals surface area contributed by atoms with Gasteiger partial charge in [0.1, 0.15) is 23.2 Å². The second-order valence-electron chi connectivity index (χ2n) is 5.52. The summed E-state index contributed by atoms with van der Waals surface area (Å²) in [5, 5.41) is 2.96. The van der Waals surface area contributed by atoms with E-state index in [0.717, 1.165) is 12.1 Å². The molecule has 0 aliphatic rings. The molecule has 3 N–H and O–H groups in total. The van der Waals surface area contributed by atoms with Gasteiger partial charge in [-0.1, -0.05) is 0 Å². The van der Waals surface area contributed by atoms with Gasteiger partial charge in [0.15, 0.2) is 17.4 Å². The van der Waals surface area contributed by atoms with Gasteiger partial charge in [-0.15, -0.1) is 0 Å². The quantitative estimate of drug-likeness (QED) is 0.726. The lowest BCUT2D eigenvalue weighted by Gasteiger charge is -2.17. The highest BCUT2D eigenvalue weighted by Crippen LogP contribution is 2.28. The SMILES string of the molecule is COc1cc(F)c([C@H](C)Nc2ncnc3c(C(N)=O)ccnc23)cc1F. The number of nitrogens with one attached hydrogen (secondary N) is 1. The fourth-order valence-electron chi connectivity index (χ4n) is 2.58. The molecule has 0 aliphatic carbocycles. The van der Waals surface area contributed by atoms with Crippen molar-refractivity contribution in [3.63, 3.8) is 0 Å². The van der Waals surface area contributed by atoms with Crippen LogP contribution in [0.2, 0.25) is 0 Å². The van der Waals surface area contributed by atoms with Crippen molar-refractivity contribution in [1.29, 1.82) is 0 Å². The number of primary amides is 1. The second-order valence-corrected chi connectivity index (χ2v) is 5.52. The predicted octanol–water partition coefficient (Wildman–Crippen LogP) is 2.58. The van der Waals surface area contributed by atoms with Gasteiger partial charge in [-0.3, -0.25) is 9.78 Å². The van der Waals surface area contributed by atoms with Gasteiger partial charge in [-0.25, -0.2) is 18.7 Å². The van der Waals surface area contributed by atoms with Crippen LogP contribution in [0.5, 0.6) is 5.75 Å². The first-order chi connectivity index (χ1) is 12.4. The molecule has 3 aromatic rings. The number of anilines is 1. The standard InChI is InChI=1S/C17H15F2N5O2/c1-8(10-5-12(19)13(26-2)6-11(10)18)24-17-15-14(22-7-23-17)9(16(20)25)3-4-21-15/h3-8H,1-2H3,(H2,20,25)(H,22,23,24)/t8-/m0/s1. The van der Waals surface area contributed by atoms with E-state index in [-0.39, 0.29) is 28.2 Å². The number of ether oxygens (including phenoxy) is 1. The third-order valence-electron chi connectivity index (χ3n) is 3.88. The zero-order valence-electron chi connectivity index (χ0n) is 14.0. The number of carbonyl (C=O) groups excluding carboxylic acids is 1. The van der Waals surface area contributed by atoms with Crippen LogP contribution in [-0.2, 0) is 0 Å². The molecule has 2 aromatic heterocycles. The highest BCUT2D eigenvalue weighted by molar-refractivity contribution is 6.05. The summed E-state index contributed by atoms with van der Waals surface area (Å²) < 4.78 is 32.9. The predicted molar refractivity (Wildman–Crippen MR) is 90.8 cm³/mol. The summed E-state index contributed by atoms with van der Waals surface area (Å²) >= 11 is 0. The molecule has 0 saturated heterocycles. The van der Waals surface area contributed by atoms with Crippen molar-refractivity contribution in [2.75, 3.05) is 12.4 Å². The summed E-state index contributed by atoms with van der Waals surface area (Å²) in [5.41, 5.74) is 6.18. The number of amides is 1. The number of hydrogen-bond donors (Lipinski definition) is 2. The van der Waals surface area contributed by atoms with Crippen LogP contribution in [0.15, 0.2) is 30.7 Å². The summed E-state index contributed by atoms with van der Waals surface area (Å²) in [4.78, 5) is 23.8. The van der Waals surface area contributed by atoms with Gasteiger partial charge in [0.25, 0.3) is 5.91 Å². The van der Waals surface area contributed by atoms with Gasteiger partial charge >= 0.3 is 0 Å². The molecule has 134 valence electrons. The Bertz CT molecular complexity index is 996. The molecule has 2 heterocycles. The van der Waals surface area contributed by atoms with Crippen LogP contribution in [0, 0.1) is 11.6 Å². The summed E-state index contributed by atoms with van der Waals surface area (Å²) in [6, 6.07) is 2.83. The van der Waals surface area contributed by atoms with Crippen LogP contribution < -0.4 is 15.8 Å². The molecule has 0 radical (unpaired) electrons. The van der Waals surface area contributed by atoms with E-state index >= 15 is 0 Å². The summed E-state index contributed by atoms with van der Waals surface area (Å²) in [6.45, 7) is 1.64. The lowest BCUT2D eigenvalue weighted by molar-refractivity contribution is 0.100. The zero-order valence-corrected chi connectivity index (χ0v) is 14.0. The first-order valence-electron chi connectivity index (χ1n) is 7.61. The Kier molecular flexibility index (Phi) is 4.61. The number of carbonyl (C=O) groups is 1. The van der Waals surface area contributed by atoms with Crippen LogP contribution in [-0.4, -0.2) is 28.0 Å². The molecule has 0 fully saturated rings. The van der Waals surface area contributed by atoms with E-state index in [2.05, 4.69) is 20.3 Å². The molecule has 0 saturated carbocycles. The largest absolute Gasteiger partial charge is 0.494 e. The lowest BCUT2D eigenvalue weighted by atomic mass is 10.1. The topological polar surface area (TPSA) is 103 Å². The van der Waals surface area contributed by atoms with Gasteiger partial charge in [0, 0.05) is 17.8 Å². The zero-order chi connectivity index (χ0) is 18.8. The normalized spacial score (nSPS) is 12.0. The van der Waals surface area contributed by atoms with Crippen molar-refractivity contribution in [2.45, 2.75) is 13.0 Å². The second kappa shape index (κ2) is 6.87. The molecule has 0 spiro atoms. The minimum atomic E-state index is -0.681. The number of fused-ring (bicyclic) bond motifs is 1. The number of pyridine rings is 1. The van der Waals surface area contributed by atoms with Gasteiger partial charge in [-0.2, -0.15) is 0 Å². The Balaban J connectivity index is 2.00. The van der Waals surface area contributed by atoms with Crippen molar-refractivity contribution >= 4 is 22.8 Å². The van der Waals surface area contributed by atoms with Crippen molar-refractivity contribution in [1.82, 2.24) is 15.0 Å². The number of hydrogen-bond acceptors (Lipinski definition) is 6. The molecule has 1 aromatic carbocycles. The van der Waals surface area contributed by atoms with E-state index in [4.69, 9.17) is 10.5 Å². The third-order valence-corrected chi connectivity index (χ3v) is 3.88. The van der Waals surface area contributed by atoms with Gasteiger partial charge in [-0.05, 0) is 19.1 Å². The fraction of sp³-hybridized carbons (Fsp3) is 0.176. The van der Waals surface area contributed by atoms with Crippen LogP contribution >= 0.6 is 0 Å². The van der Waals surface area contributed by atoms with Gasteiger partial charge in [0.2, 0.25) is 0 Å². The monoisotopic (exact) mass is 359 g/mol. The average molecular weight is 359 g/mol. The first-order valence-corrected chi connectivity index (χ1v) is 7.61.